The quantitative estimate of drug-likeness (QED) is 0.258. The number of hydrogen-bond donors (Lipinski definition) is 1. The Balaban J connectivity index is 1.71. The molecule has 42 heavy (non-hydrogen) atoms. The summed E-state index contributed by atoms with van der Waals surface area (Å²) in [5.41, 5.74) is 0.740. The van der Waals surface area contributed by atoms with Gasteiger partial charge < -0.3 is 10.2 Å². The zero-order chi connectivity index (χ0) is 30.3. The average molecular weight is 635 g/mol. The van der Waals surface area contributed by atoms with Crippen LogP contribution in [-0.2, 0) is 26.2 Å². The second-order valence-electron chi connectivity index (χ2n) is 10.3. The zero-order valence-corrected chi connectivity index (χ0v) is 25.6. The Bertz CT molecular complexity index is 1480. The van der Waals surface area contributed by atoms with Gasteiger partial charge in [0.1, 0.15) is 18.4 Å². The van der Waals surface area contributed by atoms with Gasteiger partial charge in [0.15, 0.2) is 0 Å². The molecule has 3 aromatic carbocycles. The minimum atomic E-state index is -4.23. The second-order valence-corrected chi connectivity index (χ2v) is 13.0. The van der Waals surface area contributed by atoms with Crippen molar-refractivity contribution in [3.63, 3.8) is 0 Å². The number of carbonyl (C=O) groups is 2. The van der Waals surface area contributed by atoms with Crippen LogP contribution in [0.4, 0.5) is 10.1 Å². The maximum absolute atomic E-state index is 14.1. The van der Waals surface area contributed by atoms with Gasteiger partial charge in [-0.15, -0.1) is 0 Å². The van der Waals surface area contributed by atoms with Gasteiger partial charge in [0, 0.05) is 12.6 Å². The molecule has 0 bridgehead atoms. The van der Waals surface area contributed by atoms with Crippen LogP contribution in [0, 0.1) is 5.82 Å². The Morgan fingerprint density at radius 2 is 1.62 bits per heavy atom. The molecule has 1 atom stereocenters. The number of amides is 2. The lowest BCUT2D eigenvalue weighted by Crippen LogP contribution is -2.54. The van der Waals surface area contributed by atoms with Crippen molar-refractivity contribution in [1.29, 1.82) is 0 Å². The Morgan fingerprint density at radius 3 is 2.24 bits per heavy atom. The third-order valence-electron chi connectivity index (χ3n) is 7.40. The number of sulfonamides is 1. The fourth-order valence-electron chi connectivity index (χ4n) is 5.14. The number of halogens is 3. The monoisotopic (exact) mass is 633 g/mol. The number of carbonyl (C=O) groups excluding carboxylic acids is 2. The van der Waals surface area contributed by atoms with E-state index in [4.69, 9.17) is 23.2 Å². The van der Waals surface area contributed by atoms with Crippen LogP contribution in [0.15, 0.2) is 77.7 Å². The predicted molar refractivity (Wildman–Crippen MR) is 163 cm³/mol. The van der Waals surface area contributed by atoms with Gasteiger partial charge in [0.2, 0.25) is 11.8 Å². The van der Waals surface area contributed by atoms with Crippen LogP contribution in [-0.4, -0.2) is 43.8 Å². The highest BCUT2D eigenvalue weighted by atomic mass is 35.5. The van der Waals surface area contributed by atoms with Gasteiger partial charge in [-0.1, -0.05) is 79.7 Å². The first-order chi connectivity index (χ1) is 20.1. The molecule has 7 nitrogen and oxygen atoms in total. The van der Waals surface area contributed by atoms with Crippen molar-refractivity contribution in [3.05, 3.63) is 94.2 Å². The largest absolute Gasteiger partial charge is 0.352 e. The first-order valence-corrected chi connectivity index (χ1v) is 16.2. The maximum atomic E-state index is 14.1. The highest BCUT2D eigenvalue weighted by Crippen LogP contribution is 2.31. The Morgan fingerprint density at radius 1 is 0.952 bits per heavy atom. The minimum Gasteiger partial charge on any atom is -0.352 e. The van der Waals surface area contributed by atoms with E-state index >= 15 is 0 Å². The summed E-state index contributed by atoms with van der Waals surface area (Å²) in [6, 6.07) is 16.8. The Hall–Kier alpha value is -3.14. The van der Waals surface area contributed by atoms with Gasteiger partial charge >= 0.3 is 0 Å². The fourth-order valence-corrected chi connectivity index (χ4v) is 6.86. The molecule has 0 radical (unpaired) electrons. The molecule has 0 spiro atoms. The van der Waals surface area contributed by atoms with Crippen molar-refractivity contribution < 1.29 is 22.4 Å². The third-order valence-corrected chi connectivity index (χ3v) is 9.93. The van der Waals surface area contributed by atoms with Crippen LogP contribution >= 0.6 is 23.2 Å². The molecule has 1 N–H and O–H groups in total. The van der Waals surface area contributed by atoms with Gasteiger partial charge in [0.25, 0.3) is 10.0 Å². The maximum Gasteiger partial charge on any atom is 0.264 e. The van der Waals surface area contributed by atoms with Crippen molar-refractivity contribution in [2.75, 3.05) is 10.8 Å². The number of benzene rings is 3. The average Bonchev–Trinajstić information content (AvgIpc) is 2.99. The van der Waals surface area contributed by atoms with E-state index in [9.17, 15) is 22.4 Å². The van der Waals surface area contributed by atoms with Gasteiger partial charge in [-0.3, -0.25) is 13.9 Å². The summed E-state index contributed by atoms with van der Waals surface area (Å²) in [6.45, 7) is 1.17. The van der Waals surface area contributed by atoms with Crippen LogP contribution in [0.3, 0.4) is 0 Å². The summed E-state index contributed by atoms with van der Waals surface area (Å²) in [4.78, 5) is 29.0. The van der Waals surface area contributed by atoms with E-state index in [1.807, 2.05) is 0 Å². The van der Waals surface area contributed by atoms with E-state index in [0.717, 1.165) is 36.4 Å². The van der Waals surface area contributed by atoms with Gasteiger partial charge in [0.05, 0.1) is 20.6 Å². The Labute approximate surface area is 256 Å². The number of anilines is 1. The molecule has 0 aromatic heterocycles. The van der Waals surface area contributed by atoms with E-state index in [1.54, 1.807) is 37.3 Å². The van der Waals surface area contributed by atoms with Crippen LogP contribution in [0.25, 0.3) is 0 Å². The number of nitrogens with zero attached hydrogens (tertiary/aromatic N) is 2. The minimum absolute atomic E-state index is 0.0176. The number of rotatable bonds is 11. The molecule has 1 aliphatic carbocycles. The molecule has 11 heteroatoms. The SMILES string of the molecule is CC[C@@H](C(=O)NC1CCCCC1)N(Cc1ccc(F)cc1)C(=O)CN(c1ccc(Cl)c(Cl)c1)S(=O)(=O)c1ccccc1. The smallest absolute Gasteiger partial charge is 0.264 e. The molecule has 1 saturated carbocycles. The van der Waals surface area contributed by atoms with Crippen molar-refractivity contribution in [1.82, 2.24) is 10.2 Å². The van der Waals surface area contributed by atoms with E-state index in [1.165, 1.54) is 47.4 Å². The summed E-state index contributed by atoms with van der Waals surface area (Å²) < 4.78 is 42.4. The lowest BCUT2D eigenvalue weighted by Gasteiger charge is -2.34. The Kier molecular flexibility index (Phi) is 10.9. The van der Waals surface area contributed by atoms with Crippen molar-refractivity contribution in [3.8, 4) is 0 Å². The topological polar surface area (TPSA) is 86.8 Å². The second kappa shape index (κ2) is 14.4. The van der Waals surface area contributed by atoms with E-state index in [0.29, 0.717) is 12.0 Å². The molecule has 0 aliphatic heterocycles. The van der Waals surface area contributed by atoms with Crippen LogP contribution in [0.1, 0.15) is 51.0 Å². The molecule has 0 saturated heterocycles. The van der Waals surface area contributed by atoms with Gasteiger partial charge in [-0.25, -0.2) is 12.8 Å². The van der Waals surface area contributed by atoms with E-state index in [2.05, 4.69) is 5.32 Å². The lowest BCUT2D eigenvalue weighted by atomic mass is 9.95. The molecule has 1 aliphatic rings. The van der Waals surface area contributed by atoms with E-state index in [-0.39, 0.29) is 39.1 Å². The highest BCUT2D eigenvalue weighted by Gasteiger charge is 2.34. The summed E-state index contributed by atoms with van der Waals surface area (Å²) in [6.07, 6.45) is 5.21. The third kappa shape index (κ3) is 7.82. The van der Waals surface area contributed by atoms with Crippen molar-refractivity contribution in [2.24, 2.45) is 0 Å². The lowest BCUT2D eigenvalue weighted by molar-refractivity contribution is -0.140. The summed E-state index contributed by atoms with van der Waals surface area (Å²) in [5, 5.41) is 3.45. The zero-order valence-electron chi connectivity index (χ0n) is 23.3. The molecule has 1 fully saturated rings. The van der Waals surface area contributed by atoms with Gasteiger partial charge in [-0.05, 0) is 67.3 Å². The molecular weight excluding hydrogens is 600 g/mol. The summed E-state index contributed by atoms with van der Waals surface area (Å²) >= 11 is 12.4. The fraction of sp³-hybridized carbons (Fsp3) is 0.355. The van der Waals surface area contributed by atoms with Gasteiger partial charge in [-0.2, -0.15) is 0 Å². The highest BCUT2D eigenvalue weighted by molar-refractivity contribution is 7.92. The molecule has 0 heterocycles. The molecular formula is C31H34Cl2FN3O4S. The molecule has 0 unspecified atom stereocenters. The van der Waals surface area contributed by atoms with Crippen molar-refractivity contribution in [2.45, 2.75) is 69.0 Å². The normalized spacial score (nSPS) is 14.7. The summed E-state index contributed by atoms with van der Waals surface area (Å²) in [7, 11) is -4.23. The van der Waals surface area contributed by atoms with E-state index < -0.39 is 34.3 Å². The van der Waals surface area contributed by atoms with Crippen LogP contribution in [0.2, 0.25) is 10.0 Å². The standard InChI is InChI=1S/C31H34Cl2FN3O4S/c1-2-29(31(39)35-24-9-5-3-6-10-24)36(20-22-13-15-23(34)16-14-22)30(38)21-37(25-17-18-27(32)28(33)19-25)42(40,41)26-11-7-4-8-12-26/h4,7-8,11-19,24,29H,2-3,5-6,9-10,20-21H2,1H3,(H,35,39)/t29-/m0/s1. The summed E-state index contributed by atoms with van der Waals surface area (Å²) in [5.74, 6) is -1.33. The van der Waals surface area contributed by atoms with Crippen molar-refractivity contribution >= 4 is 50.7 Å². The molecule has 2 amide bonds. The first kappa shape index (κ1) is 31.8. The first-order valence-electron chi connectivity index (χ1n) is 14.0. The molecule has 224 valence electrons. The van der Waals surface area contributed by atoms with Crippen LogP contribution in [0.5, 0.6) is 0 Å². The predicted octanol–water partition coefficient (Wildman–Crippen LogP) is 6.58. The van der Waals surface area contributed by atoms with Crippen LogP contribution < -0.4 is 9.62 Å². The number of nitrogens with one attached hydrogen (secondary N) is 1. The molecule has 3 aromatic rings. The number of hydrogen-bond acceptors (Lipinski definition) is 4. The molecule has 4 rings (SSSR count).